The third-order valence-electron chi connectivity index (χ3n) is 2.08. The van der Waals surface area contributed by atoms with E-state index in [2.05, 4.69) is 0 Å². The zero-order chi connectivity index (χ0) is 8.48. The summed E-state index contributed by atoms with van der Waals surface area (Å²) in [6.45, 7) is 3.85. The van der Waals surface area contributed by atoms with E-state index in [4.69, 9.17) is 4.74 Å². The maximum absolute atomic E-state index is 9.49. The van der Waals surface area contributed by atoms with Crippen LogP contribution in [-0.4, -0.2) is 23.9 Å². The fourth-order valence-corrected chi connectivity index (χ4v) is 1.20. The SMILES string of the molecule is COC1(C)C=C(C)C=CC1O. The van der Waals surface area contributed by atoms with Crippen LogP contribution in [0.1, 0.15) is 13.8 Å². The first kappa shape index (κ1) is 8.50. The lowest BCUT2D eigenvalue weighted by Gasteiger charge is -2.31. The largest absolute Gasteiger partial charge is 0.386 e. The quantitative estimate of drug-likeness (QED) is 0.616. The van der Waals surface area contributed by atoms with Crippen LogP contribution in [0.5, 0.6) is 0 Å². The highest BCUT2D eigenvalue weighted by Crippen LogP contribution is 2.24. The van der Waals surface area contributed by atoms with Gasteiger partial charge in [0.1, 0.15) is 11.7 Å². The molecule has 2 nitrogen and oxygen atoms in total. The van der Waals surface area contributed by atoms with Crippen LogP contribution in [0.15, 0.2) is 23.8 Å². The molecule has 0 saturated carbocycles. The summed E-state index contributed by atoms with van der Waals surface area (Å²) in [6, 6.07) is 0. The van der Waals surface area contributed by atoms with E-state index in [1.54, 1.807) is 13.2 Å². The summed E-state index contributed by atoms with van der Waals surface area (Å²) < 4.78 is 5.18. The predicted molar refractivity (Wildman–Crippen MR) is 44.3 cm³/mol. The number of rotatable bonds is 1. The summed E-state index contributed by atoms with van der Waals surface area (Å²) in [7, 11) is 1.60. The summed E-state index contributed by atoms with van der Waals surface area (Å²) in [5.41, 5.74) is 0.582. The molecule has 0 radical (unpaired) electrons. The summed E-state index contributed by atoms with van der Waals surface area (Å²) in [5.74, 6) is 0. The minimum atomic E-state index is -0.543. The molecule has 0 amide bonds. The first-order valence-electron chi connectivity index (χ1n) is 3.69. The number of methoxy groups -OCH3 is 1. The Bertz CT molecular complexity index is 206. The van der Waals surface area contributed by atoms with Crippen LogP contribution >= 0.6 is 0 Å². The van der Waals surface area contributed by atoms with Gasteiger partial charge < -0.3 is 9.84 Å². The van der Waals surface area contributed by atoms with Crippen molar-refractivity contribution < 1.29 is 9.84 Å². The van der Waals surface area contributed by atoms with Crippen LogP contribution in [0.3, 0.4) is 0 Å². The highest BCUT2D eigenvalue weighted by Gasteiger charge is 2.30. The molecule has 2 heteroatoms. The Labute approximate surface area is 67.2 Å². The zero-order valence-electron chi connectivity index (χ0n) is 7.16. The Kier molecular flexibility index (Phi) is 2.16. The van der Waals surface area contributed by atoms with Crippen LogP contribution in [-0.2, 0) is 4.74 Å². The highest BCUT2D eigenvalue weighted by molar-refractivity contribution is 5.29. The average Bonchev–Trinajstić information content (AvgIpc) is 1.98. The monoisotopic (exact) mass is 154 g/mol. The Hall–Kier alpha value is -0.600. The van der Waals surface area contributed by atoms with Crippen molar-refractivity contribution in [2.45, 2.75) is 25.6 Å². The average molecular weight is 154 g/mol. The van der Waals surface area contributed by atoms with Crippen molar-refractivity contribution in [3.63, 3.8) is 0 Å². The van der Waals surface area contributed by atoms with Crippen molar-refractivity contribution in [3.05, 3.63) is 23.8 Å². The van der Waals surface area contributed by atoms with E-state index in [-0.39, 0.29) is 0 Å². The lowest BCUT2D eigenvalue weighted by Crippen LogP contribution is -2.39. The van der Waals surface area contributed by atoms with Gasteiger partial charge in [-0.05, 0) is 19.9 Å². The first-order valence-corrected chi connectivity index (χ1v) is 3.69. The summed E-state index contributed by atoms with van der Waals surface area (Å²) in [6.07, 6.45) is 5.04. The summed E-state index contributed by atoms with van der Waals surface area (Å²) in [4.78, 5) is 0. The second-order valence-electron chi connectivity index (χ2n) is 3.08. The lowest BCUT2D eigenvalue weighted by molar-refractivity contribution is -0.0362. The number of ether oxygens (including phenoxy) is 1. The smallest absolute Gasteiger partial charge is 0.113 e. The number of hydrogen-bond donors (Lipinski definition) is 1. The molecule has 2 unspecified atom stereocenters. The Morgan fingerprint density at radius 2 is 2.27 bits per heavy atom. The fourth-order valence-electron chi connectivity index (χ4n) is 1.20. The summed E-state index contributed by atoms with van der Waals surface area (Å²) in [5, 5.41) is 9.49. The van der Waals surface area contributed by atoms with Crippen LogP contribution in [0.2, 0.25) is 0 Å². The molecule has 0 aromatic heterocycles. The van der Waals surface area contributed by atoms with Gasteiger partial charge in [-0.25, -0.2) is 0 Å². The third-order valence-corrected chi connectivity index (χ3v) is 2.08. The normalized spacial score (nSPS) is 37.1. The van der Waals surface area contributed by atoms with Crippen LogP contribution in [0.25, 0.3) is 0 Å². The fraction of sp³-hybridized carbons (Fsp3) is 0.556. The van der Waals surface area contributed by atoms with Crippen molar-refractivity contribution in [2.75, 3.05) is 7.11 Å². The Morgan fingerprint density at radius 3 is 2.73 bits per heavy atom. The molecular formula is C9H14O2. The van der Waals surface area contributed by atoms with Gasteiger partial charge in [0.25, 0.3) is 0 Å². The van der Waals surface area contributed by atoms with Crippen molar-refractivity contribution in [3.8, 4) is 0 Å². The molecule has 0 heterocycles. The van der Waals surface area contributed by atoms with E-state index in [1.165, 1.54) is 0 Å². The van der Waals surface area contributed by atoms with Crippen molar-refractivity contribution >= 4 is 0 Å². The van der Waals surface area contributed by atoms with Gasteiger partial charge in [-0.15, -0.1) is 0 Å². The van der Waals surface area contributed by atoms with Gasteiger partial charge in [0.05, 0.1) is 0 Å². The van der Waals surface area contributed by atoms with Gasteiger partial charge in [0, 0.05) is 7.11 Å². The number of hydrogen-bond acceptors (Lipinski definition) is 2. The number of aliphatic hydroxyl groups is 1. The zero-order valence-corrected chi connectivity index (χ0v) is 7.16. The maximum Gasteiger partial charge on any atom is 0.113 e. The Morgan fingerprint density at radius 1 is 1.64 bits per heavy atom. The second-order valence-corrected chi connectivity index (χ2v) is 3.08. The molecule has 1 aliphatic rings. The standard InChI is InChI=1S/C9H14O2/c1-7-4-5-8(10)9(2,6-7)11-3/h4-6,8,10H,1-3H3. The van der Waals surface area contributed by atoms with Crippen molar-refractivity contribution in [1.29, 1.82) is 0 Å². The van der Waals surface area contributed by atoms with Gasteiger partial charge in [0.2, 0.25) is 0 Å². The van der Waals surface area contributed by atoms with Crippen LogP contribution < -0.4 is 0 Å². The molecule has 0 fully saturated rings. The van der Waals surface area contributed by atoms with Crippen LogP contribution in [0.4, 0.5) is 0 Å². The van der Waals surface area contributed by atoms with Crippen LogP contribution in [0, 0.1) is 0 Å². The number of aliphatic hydroxyl groups excluding tert-OH is 1. The molecule has 1 N–H and O–H groups in total. The Balaban J connectivity index is 2.89. The molecule has 2 atom stereocenters. The predicted octanol–water partition coefficient (Wildman–Crippen LogP) is 1.27. The van der Waals surface area contributed by atoms with E-state index < -0.39 is 11.7 Å². The number of allylic oxidation sites excluding steroid dienone is 2. The molecule has 0 aliphatic heterocycles. The maximum atomic E-state index is 9.49. The van der Waals surface area contributed by atoms with E-state index in [9.17, 15) is 5.11 Å². The van der Waals surface area contributed by atoms with Gasteiger partial charge in [-0.3, -0.25) is 0 Å². The molecule has 1 aliphatic carbocycles. The molecule has 62 valence electrons. The first-order chi connectivity index (χ1) is 5.08. The highest BCUT2D eigenvalue weighted by atomic mass is 16.5. The van der Waals surface area contributed by atoms with E-state index in [0.717, 1.165) is 5.57 Å². The third kappa shape index (κ3) is 1.52. The molecule has 0 spiro atoms. The van der Waals surface area contributed by atoms with E-state index in [1.807, 2.05) is 26.0 Å². The molecule has 11 heavy (non-hydrogen) atoms. The van der Waals surface area contributed by atoms with Gasteiger partial charge in [-0.2, -0.15) is 0 Å². The van der Waals surface area contributed by atoms with Gasteiger partial charge >= 0.3 is 0 Å². The van der Waals surface area contributed by atoms with Crippen molar-refractivity contribution in [2.24, 2.45) is 0 Å². The molecule has 0 aromatic carbocycles. The molecule has 1 rings (SSSR count). The topological polar surface area (TPSA) is 29.5 Å². The minimum absolute atomic E-state index is 0.531. The van der Waals surface area contributed by atoms with Gasteiger partial charge in [0.15, 0.2) is 0 Å². The molecule has 0 aromatic rings. The van der Waals surface area contributed by atoms with Crippen molar-refractivity contribution in [1.82, 2.24) is 0 Å². The van der Waals surface area contributed by atoms with Gasteiger partial charge in [-0.1, -0.05) is 17.7 Å². The molecule has 0 saturated heterocycles. The lowest BCUT2D eigenvalue weighted by atomic mass is 9.91. The molecular weight excluding hydrogens is 140 g/mol. The second kappa shape index (κ2) is 2.80. The van der Waals surface area contributed by atoms with E-state index >= 15 is 0 Å². The summed E-state index contributed by atoms with van der Waals surface area (Å²) >= 11 is 0. The minimum Gasteiger partial charge on any atom is -0.386 e. The molecule has 0 bridgehead atoms. The van der Waals surface area contributed by atoms with E-state index in [0.29, 0.717) is 0 Å².